The van der Waals surface area contributed by atoms with Crippen molar-refractivity contribution in [1.82, 2.24) is 9.97 Å². The molecule has 0 spiro atoms. The Morgan fingerprint density at radius 3 is 2.00 bits per heavy atom. The molecule has 0 aliphatic rings. The summed E-state index contributed by atoms with van der Waals surface area (Å²) in [5.41, 5.74) is 9.45. The average molecular weight is 491 g/mol. The summed E-state index contributed by atoms with van der Waals surface area (Å²) in [6.45, 7) is 6.46. The first-order valence-electron chi connectivity index (χ1n) is 11.6. The summed E-state index contributed by atoms with van der Waals surface area (Å²) in [6.07, 6.45) is 3.93. The van der Waals surface area contributed by atoms with Crippen LogP contribution in [0.3, 0.4) is 0 Å². The van der Waals surface area contributed by atoms with E-state index in [2.05, 4.69) is 98.7 Å². The average Bonchev–Trinajstić information content (AvgIpc) is 2.77. The largest absolute Gasteiger partial charge is 0.0498 e. The first-order valence-corrected chi connectivity index (χ1v) is 18.9. The Balaban J connectivity index is 1.67. The van der Waals surface area contributed by atoms with Gasteiger partial charge in [-0.3, -0.25) is 0 Å². The second-order valence-electron chi connectivity index (χ2n) is 10.2. The molecular formula is C30H30GeN2. The Morgan fingerprint density at radius 1 is 0.636 bits per heavy atom. The molecule has 0 amide bonds. The van der Waals surface area contributed by atoms with E-state index in [1.165, 1.54) is 43.0 Å². The molecule has 0 radical (unpaired) electrons. The summed E-state index contributed by atoms with van der Waals surface area (Å²) in [5.74, 6) is 7.31. The fourth-order valence-corrected chi connectivity index (χ4v) is 7.30. The van der Waals surface area contributed by atoms with Gasteiger partial charge in [0, 0.05) is 0 Å². The molecule has 0 saturated carbocycles. The van der Waals surface area contributed by atoms with Gasteiger partial charge in [-0.15, -0.1) is 0 Å². The third-order valence-electron chi connectivity index (χ3n) is 6.59. The number of hydrogen-bond donors (Lipinski definition) is 0. The van der Waals surface area contributed by atoms with Crippen molar-refractivity contribution in [2.24, 2.45) is 0 Å². The molecule has 0 fully saturated rings. The summed E-state index contributed by atoms with van der Waals surface area (Å²) in [4.78, 5) is 9.70. The minimum Gasteiger partial charge on any atom is -0.0498 e. The van der Waals surface area contributed by atoms with Gasteiger partial charge in [0.05, 0.1) is 0 Å². The van der Waals surface area contributed by atoms with Gasteiger partial charge in [-0.2, -0.15) is 0 Å². The number of fused-ring (bicyclic) bond motifs is 3. The van der Waals surface area contributed by atoms with E-state index >= 15 is 0 Å². The second-order valence-corrected chi connectivity index (χ2v) is 20.9. The van der Waals surface area contributed by atoms with Crippen molar-refractivity contribution < 1.29 is 0 Å². The molecule has 2 aromatic heterocycles. The molecule has 33 heavy (non-hydrogen) atoms. The number of aromatic nitrogens is 2. The molecule has 0 unspecified atom stereocenters. The second kappa shape index (κ2) is 8.11. The third kappa shape index (κ3) is 3.97. The van der Waals surface area contributed by atoms with Crippen LogP contribution in [-0.4, -0.2) is 23.2 Å². The number of rotatable bonds is 3. The van der Waals surface area contributed by atoms with E-state index in [0.717, 1.165) is 22.2 Å². The quantitative estimate of drug-likeness (QED) is 0.192. The molecule has 5 aromatic rings. The van der Waals surface area contributed by atoms with Crippen LogP contribution in [0.25, 0.3) is 44.1 Å². The minimum absolute atomic E-state index is 0.999. The molecular weight excluding hydrogens is 461 g/mol. The van der Waals surface area contributed by atoms with E-state index in [1.54, 1.807) is 0 Å². The van der Waals surface area contributed by atoms with Gasteiger partial charge in [0.25, 0.3) is 0 Å². The Bertz CT molecular complexity index is 1490. The Hall–Kier alpha value is -2.98. The van der Waals surface area contributed by atoms with Crippen molar-refractivity contribution in [2.75, 3.05) is 0 Å². The molecule has 0 aliphatic heterocycles. The summed E-state index contributed by atoms with van der Waals surface area (Å²) in [6, 6.07) is 22.4. The molecule has 2 nitrogen and oxygen atoms in total. The summed E-state index contributed by atoms with van der Waals surface area (Å²) >= 11 is -1.81. The number of pyridine rings is 2. The zero-order chi connectivity index (χ0) is 23.3. The zero-order valence-electron chi connectivity index (χ0n) is 20.3. The van der Waals surface area contributed by atoms with Gasteiger partial charge in [-0.05, 0) is 26.0 Å². The first-order chi connectivity index (χ1) is 15.7. The number of benzene rings is 3. The molecule has 0 bridgehead atoms. The fourth-order valence-electron chi connectivity index (χ4n) is 4.86. The van der Waals surface area contributed by atoms with Crippen LogP contribution in [0.1, 0.15) is 16.7 Å². The molecule has 5 rings (SSSR count). The summed E-state index contributed by atoms with van der Waals surface area (Å²) in [5, 5.41) is 3.49. The van der Waals surface area contributed by atoms with Crippen molar-refractivity contribution in [2.45, 2.75) is 38.0 Å². The van der Waals surface area contributed by atoms with Crippen molar-refractivity contribution in [3.63, 3.8) is 0 Å². The van der Waals surface area contributed by atoms with Crippen LogP contribution in [0.4, 0.5) is 0 Å². The summed E-state index contributed by atoms with van der Waals surface area (Å²) in [7, 11) is 0. The van der Waals surface area contributed by atoms with Crippen molar-refractivity contribution in [3.8, 4) is 22.4 Å². The topological polar surface area (TPSA) is 25.8 Å². The van der Waals surface area contributed by atoms with Crippen LogP contribution in [-0.2, 0) is 0 Å². The predicted molar refractivity (Wildman–Crippen MR) is 145 cm³/mol. The van der Waals surface area contributed by atoms with E-state index in [4.69, 9.17) is 9.97 Å². The summed E-state index contributed by atoms with van der Waals surface area (Å²) < 4.78 is 1.53. The number of hydrogen-bond acceptors (Lipinski definition) is 2. The standard InChI is InChI=1S/C30H30GeN2/c1-19-15-20(2)17-23(16-19)30-28-18-33-29-21(3)25(11-12-27(29)26(28)13-14-32-30)22-7-9-24(10-8-22)31(4,5)6/h7-18H,1-6H3. The van der Waals surface area contributed by atoms with Crippen LogP contribution in [0, 0.1) is 20.8 Å². The van der Waals surface area contributed by atoms with Crippen LogP contribution in [0.15, 0.2) is 73.1 Å². The van der Waals surface area contributed by atoms with Gasteiger partial charge >= 0.3 is 156 Å². The molecule has 0 N–H and O–H groups in total. The van der Waals surface area contributed by atoms with Gasteiger partial charge in [0.2, 0.25) is 0 Å². The van der Waals surface area contributed by atoms with Gasteiger partial charge in [0.1, 0.15) is 0 Å². The Labute approximate surface area is 199 Å². The van der Waals surface area contributed by atoms with Crippen molar-refractivity contribution in [3.05, 3.63) is 89.7 Å². The maximum Gasteiger partial charge on any atom is -0.0498 e. The first kappa shape index (κ1) is 21.8. The molecule has 3 heteroatoms. The molecule has 0 saturated heterocycles. The Kier molecular flexibility index (Phi) is 5.37. The maximum absolute atomic E-state index is 4.95. The van der Waals surface area contributed by atoms with Crippen LogP contribution >= 0.6 is 0 Å². The fraction of sp³-hybridized carbons (Fsp3) is 0.200. The van der Waals surface area contributed by atoms with Gasteiger partial charge in [-0.25, -0.2) is 0 Å². The van der Waals surface area contributed by atoms with Crippen molar-refractivity contribution in [1.29, 1.82) is 0 Å². The van der Waals surface area contributed by atoms with E-state index in [-0.39, 0.29) is 0 Å². The zero-order valence-corrected chi connectivity index (χ0v) is 22.4. The Morgan fingerprint density at radius 2 is 1.33 bits per heavy atom. The van der Waals surface area contributed by atoms with Gasteiger partial charge in [-0.1, -0.05) is 17.2 Å². The van der Waals surface area contributed by atoms with Crippen molar-refractivity contribution >= 4 is 39.3 Å². The molecule has 0 aliphatic carbocycles. The molecule has 0 atom stereocenters. The van der Waals surface area contributed by atoms with Crippen LogP contribution < -0.4 is 4.40 Å². The SMILES string of the molecule is Cc1cc(C)cc(-c2nccc3c2cnc2c(C)c(-c4cc[c]([Ge]([CH3])([CH3])[CH3])cc4)ccc23)c1. The van der Waals surface area contributed by atoms with Crippen LogP contribution in [0.2, 0.25) is 17.3 Å². The monoisotopic (exact) mass is 492 g/mol. The number of aryl methyl sites for hydroxylation is 3. The van der Waals surface area contributed by atoms with Crippen LogP contribution in [0.5, 0.6) is 0 Å². The number of nitrogens with zero attached hydrogens (tertiary/aromatic N) is 2. The molecule has 164 valence electrons. The third-order valence-corrected chi connectivity index (χ3v) is 10.9. The smallest absolute Gasteiger partial charge is 0.0498 e. The van der Waals surface area contributed by atoms with Gasteiger partial charge in [0.15, 0.2) is 0 Å². The van der Waals surface area contributed by atoms with E-state index in [0.29, 0.717) is 0 Å². The van der Waals surface area contributed by atoms with Gasteiger partial charge < -0.3 is 0 Å². The normalized spacial score (nSPS) is 11.9. The maximum atomic E-state index is 4.95. The molecule has 2 heterocycles. The minimum atomic E-state index is -1.81. The molecule has 3 aromatic carbocycles. The van der Waals surface area contributed by atoms with E-state index < -0.39 is 13.3 Å². The predicted octanol–water partition coefficient (Wildman–Crippen LogP) is 7.59. The van der Waals surface area contributed by atoms with E-state index in [1.807, 2.05) is 12.4 Å². The van der Waals surface area contributed by atoms with E-state index in [9.17, 15) is 0 Å².